The van der Waals surface area contributed by atoms with Crippen molar-refractivity contribution in [1.29, 1.82) is 0 Å². The summed E-state index contributed by atoms with van der Waals surface area (Å²) >= 11 is 0. The molecule has 0 aliphatic carbocycles. The van der Waals surface area contributed by atoms with Crippen LogP contribution in [0.5, 0.6) is 0 Å². The van der Waals surface area contributed by atoms with E-state index in [4.69, 9.17) is 10.5 Å². The van der Waals surface area contributed by atoms with Gasteiger partial charge in [-0.2, -0.15) is 0 Å². The van der Waals surface area contributed by atoms with Crippen molar-refractivity contribution < 1.29 is 9.53 Å². The molecule has 0 unspecified atom stereocenters. The zero-order valence-corrected chi connectivity index (χ0v) is 10.3. The minimum absolute atomic E-state index is 0.0206. The van der Waals surface area contributed by atoms with E-state index in [9.17, 15) is 4.79 Å². The largest absolute Gasteiger partial charge is 0.380 e. The summed E-state index contributed by atoms with van der Waals surface area (Å²) in [5.74, 6) is 0.200. The van der Waals surface area contributed by atoms with E-state index in [2.05, 4.69) is 0 Å². The normalized spacial score (nSPS) is 12.9. The highest BCUT2D eigenvalue weighted by Gasteiger charge is 2.21. The SMILES string of the molecule is CCOCCN(CC)C(=O)[C@@H](N)C(C)C. The fourth-order valence-corrected chi connectivity index (χ4v) is 1.24. The summed E-state index contributed by atoms with van der Waals surface area (Å²) in [6.45, 7) is 10.4. The molecule has 0 aliphatic heterocycles. The van der Waals surface area contributed by atoms with Gasteiger partial charge in [0.15, 0.2) is 0 Å². The average molecular weight is 216 g/mol. The molecule has 4 heteroatoms. The smallest absolute Gasteiger partial charge is 0.239 e. The molecule has 2 N–H and O–H groups in total. The Balaban J connectivity index is 4.09. The second-order valence-electron chi connectivity index (χ2n) is 3.88. The summed E-state index contributed by atoms with van der Waals surface area (Å²) < 4.78 is 5.22. The lowest BCUT2D eigenvalue weighted by Crippen LogP contribution is -2.47. The van der Waals surface area contributed by atoms with E-state index in [0.717, 1.165) is 0 Å². The fourth-order valence-electron chi connectivity index (χ4n) is 1.24. The van der Waals surface area contributed by atoms with Crippen molar-refractivity contribution in [2.24, 2.45) is 11.7 Å². The zero-order valence-electron chi connectivity index (χ0n) is 10.3. The van der Waals surface area contributed by atoms with Crippen molar-refractivity contribution in [3.8, 4) is 0 Å². The summed E-state index contributed by atoms with van der Waals surface area (Å²) in [7, 11) is 0. The van der Waals surface area contributed by atoms with Crippen molar-refractivity contribution in [3.05, 3.63) is 0 Å². The Morgan fingerprint density at radius 3 is 2.40 bits per heavy atom. The van der Waals surface area contributed by atoms with Gasteiger partial charge in [0.1, 0.15) is 0 Å². The van der Waals surface area contributed by atoms with Crippen LogP contribution in [0.3, 0.4) is 0 Å². The van der Waals surface area contributed by atoms with Crippen LogP contribution >= 0.6 is 0 Å². The molecule has 0 saturated carbocycles. The van der Waals surface area contributed by atoms with Gasteiger partial charge in [0.05, 0.1) is 12.6 Å². The molecule has 0 rings (SSSR count). The lowest BCUT2D eigenvalue weighted by Gasteiger charge is -2.25. The van der Waals surface area contributed by atoms with E-state index in [1.807, 2.05) is 27.7 Å². The number of hydrogen-bond acceptors (Lipinski definition) is 3. The monoisotopic (exact) mass is 216 g/mol. The highest BCUT2D eigenvalue weighted by atomic mass is 16.5. The number of amides is 1. The second kappa shape index (κ2) is 7.65. The number of carbonyl (C=O) groups is 1. The summed E-state index contributed by atoms with van der Waals surface area (Å²) in [4.78, 5) is 13.6. The number of nitrogens with zero attached hydrogens (tertiary/aromatic N) is 1. The van der Waals surface area contributed by atoms with Crippen LogP contribution in [0.4, 0.5) is 0 Å². The Bertz CT molecular complexity index is 183. The van der Waals surface area contributed by atoms with Crippen LogP contribution in [0.1, 0.15) is 27.7 Å². The molecule has 0 bridgehead atoms. The first-order chi connectivity index (χ1) is 7.04. The molecule has 0 aliphatic rings. The van der Waals surface area contributed by atoms with E-state index in [1.54, 1.807) is 4.90 Å². The molecule has 0 aromatic heterocycles. The minimum atomic E-state index is -0.397. The number of nitrogens with two attached hydrogens (primary N) is 1. The molecule has 90 valence electrons. The van der Waals surface area contributed by atoms with Crippen LogP contribution < -0.4 is 5.73 Å². The number of hydrogen-bond donors (Lipinski definition) is 1. The first kappa shape index (κ1) is 14.4. The zero-order chi connectivity index (χ0) is 11.8. The number of carbonyl (C=O) groups excluding carboxylic acids is 1. The molecule has 0 fully saturated rings. The standard InChI is InChI=1S/C11H24N2O2/c1-5-13(7-8-15-6-2)11(14)10(12)9(3)4/h9-10H,5-8,12H2,1-4H3/t10-/m0/s1. The molecule has 0 aromatic rings. The Labute approximate surface area is 92.8 Å². The summed E-state index contributed by atoms with van der Waals surface area (Å²) in [6, 6.07) is -0.397. The van der Waals surface area contributed by atoms with Crippen LogP contribution in [0.2, 0.25) is 0 Å². The van der Waals surface area contributed by atoms with E-state index < -0.39 is 6.04 Å². The van der Waals surface area contributed by atoms with Crippen LogP contribution in [0.25, 0.3) is 0 Å². The second-order valence-corrected chi connectivity index (χ2v) is 3.88. The molecule has 4 nitrogen and oxygen atoms in total. The molecular formula is C11H24N2O2. The third-order valence-electron chi connectivity index (χ3n) is 2.41. The third kappa shape index (κ3) is 5.14. The average Bonchev–Trinajstić information content (AvgIpc) is 2.22. The highest BCUT2D eigenvalue weighted by Crippen LogP contribution is 2.03. The van der Waals surface area contributed by atoms with Gasteiger partial charge < -0.3 is 15.4 Å². The maximum Gasteiger partial charge on any atom is 0.239 e. The molecule has 0 spiro atoms. The highest BCUT2D eigenvalue weighted by molar-refractivity contribution is 5.81. The predicted molar refractivity (Wildman–Crippen MR) is 61.6 cm³/mol. The van der Waals surface area contributed by atoms with Gasteiger partial charge in [0.25, 0.3) is 0 Å². The van der Waals surface area contributed by atoms with Crippen molar-refractivity contribution in [2.75, 3.05) is 26.3 Å². The van der Waals surface area contributed by atoms with Gasteiger partial charge in [-0.15, -0.1) is 0 Å². The summed E-state index contributed by atoms with van der Waals surface area (Å²) in [5, 5.41) is 0. The number of likely N-dealkylation sites (N-methyl/N-ethyl adjacent to an activating group) is 1. The molecular weight excluding hydrogens is 192 g/mol. The predicted octanol–water partition coefficient (Wildman–Crippen LogP) is 0.855. The van der Waals surface area contributed by atoms with Gasteiger partial charge in [0.2, 0.25) is 5.91 Å². The topological polar surface area (TPSA) is 55.6 Å². The van der Waals surface area contributed by atoms with E-state index >= 15 is 0 Å². The lowest BCUT2D eigenvalue weighted by atomic mass is 10.0. The van der Waals surface area contributed by atoms with Gasteiger partial charge in [0, 0.05) is 19.7 Å². The number of ether oxygens (including phenoxy) is 1. The van der Waals surface area contributed by atoms with Gasteiger partial charge in [-0.05, 0) is 19.8 Å². The maximum absolute atomic E-state index is 11.9. The quantitative estimate of drug-likeness (QED) is 0.642. The minimum Gasteiger partial charge on any atom is -0.380 e. The summed E-state index contributed by atoms with van der Waals surface area (Å²) in [5.41, 5.74) is 5.81. The van der Waals surface area contributed by atoms with Gasteiger partial charge in [-0.3, -0.25) is 4.79 Å². The fraction of sp³-hybridized carbons (Fsp3) is 0.909. The van der Waals surface area contributed by atoms with E-state index in [0.29, 0.717) is 26.3 Å². The van der Waals surface area contributed by atoms with Crippen LogP contribution in [0, 0.1) is 5.92 Å². The van der Waals surface area contributed by atoms with Gasteiger partial charge in [-0.1, -0.05) is 13.8 Å². The lowest BCUT2D eigenvalue weighted by molar-refractivity contribution is -0.134. The summed E-state index contributed by atoms with van der Waals surface area (Å²) in [6.07, 6.45) is 0. The van der Waals surface area contributed by atoms with Crippen LogP contribution in [-0.4, -0.2) is 43.2 Å². The van der Waals surface area contributed by atoms with Crippen LogP contribution in [-0.2, 0) is 9.53 Å². The van der Waals surface area contributed by atoms with Gasteiger partial charge in [-0.25, -0.2) is 0 Å². The Hall–Kier alpha value is -0.610. The first-order valence-corrected chi connectivity index (χ1v) is 5.66. The molecule has 1 atom stereocenters. The Morgan fingerprint density at radius 2 is 2.00 bits per heavy atom. The molecule has 0 heterocycles. The first-order valence-electron chi connectivity index (χ1n) is 5.66. The maximum atomic E-state index is 11.9. The van der Waals surface area contributed by atoms with Crippen LogP contribution in [0.15, 0.2) is 0 Å². The van der Waals surface area contributed by atoms with Crippen molar-refractivity contribution in [2.45, 2.75) is 33.7 Å². The number of rotatable bonds is 7. The van der Waals surface area contributed by atoms with Gasteiger partial charge >= 0.3 is 0 Å². The molecule has 0 radical (unpaired) electrons. The molecule has 0 aromatic carbocycles. The molecule has 15 heavy (non-hydrogen) atoms. The van der Waals surface area contributed by atoms with E-state index in [-0.39, 0.29) is 11.8 Å². The van der Waals surface area contributed by atoms with Crippen molar-refractivity contribution in [3.63, 3.8) is 0 Å². The Morgan fingerprint density at radius 1 is 1.40 bits per heavy atom. The molecule has 0 saturated heterocycles. The Kier molecular flexibility index (Phi) is 7.34. The van der Waals surface area contributed by atoms with Crippen molar-refractivity contribution in [1.82, 2.24) is 4.90 Å². The molecule has 1 amide bonds. The third-order valence-corrected chi connectivity index (χ3v) is 2.41. The van der Waals surface area contributed by atoms with E-state index in [1.165, 1.54) is 0 Å². The van der Waals surface area contributed by atoms with Crippen molar-refractivity contribution >= 4 is 5.91 Å².